The van der Waals surface area contributed by atoms with Crippen molar-refractivity contribution < 1.29 is 23.7 Å². The Kier molecular flexibility index (Phi) is 4.94. The van der Waals surface area contributed by atoms with E-state index in [0.717, 1.165) is 4.90 Å². The molecule has 3 rings (SSSR count). The fourth-order valence-corrected chi connectivity index (χ4v) is 2.72. The van der Waals surface area contributed by atoms with Gasteiger partial charge in [-0.3, -0.25) is 29.9 Å². The summed E-state index contributed by atoms with van der Waals surface area (Å²) in [4.78, 5) is 50.0. The zero-order chi connectivity index (χ0) is 20.4. The number of carbonyl (C=O) groups is 3. The van der Waals surface area contributed by atoms with E-state index in [-0.39, 0.29) is 23.4 Å². The van der Waals surface area contributed by atoms with Gasteiger partial charge in [0.15, 0.2) is 0 Å². The molecule has 1 aliphatic rings. The van der Waals surface area contributed by atoms with Crippen molar-refractivity contribution in [3.63, 3.8) is 0 Å². The lowest BCUT2D eigenvalue weighted by molar-refractivity contribution is -0.384. The van der Waals surface area contributed by atoms with Crippen molar-refractivity contribution in [2.45, 2.75) is 6.54 Å². The Morgan fingerprint density at radius 2 is 2.00 bits per heavy atom. The number of nitrogens with one attached hydrogen (secondary N) is 1. The Morgan fingerprint density at radius 3 is 2.61 bits per heavy atom. The fourth-order valence-electron chi connectivity index (χ4n) is 2.72. The van der Waals surface area contributed by atoms with Crippen LogP contribution in [0.3, 0.4) is 0 Å². The van der Waals surface area contributed by atoms with E-state index in [1.807, 2.05) is 0 Å². The van der Waals surface area contributed by atoms with Crippen LogP contribution >= 0.6 is 0 Å². The van der Waals surface area contributed by atoms with E-state index < -0.39 is 22.8 Å². The normalized spacial score (nSPS) is 15.7. The molecular weight excluding hydrogens is 368 g/mol. The van der Waals surface area contributed by atoms with Gasteiger partial charge in [-0.25, -0.2) is 4.79 Å². The van der Waals surface area contributed by atoms with Crippen LogP contribution in [0.5, 0.6) is 0 Å². The molecule has 10 heteroatoms. The maximum atomic E-state index is 12.7. The van der Waals surface area contributed by atoms with Crippen LogP contribution in [0.15, 0.2) is 46.6 Å². The zero-order valence-electron chi connectivity index (χ0n) is 15.0. The monoisotopic (exact) mass is 384 g/mol. The summed E-state index contributed by atoms with van der Waals surface area (Å²) >= 11 is 0. The van der Waals surface area contributed by atoms with Crippen LogP contribution < -0.4 is 10.2 Å². The molecule has 1 aromatic heterocycles. The second kappa shape index (κ2) is 7.35. The van der Waals surface area contributed by atoms with E-state index in [1.54, 1.807) is 37.2 Å². The smallest absolute Gasteiger partial charge is 0.331 e. The topological polar surface area (TPSA) is 126 Å². The summed E-state index contributed by atoms with van der Waals surface area (Å²) in [5.74, 6) is -1.32. The van der Waals surface area contributed by atoms with Crippen LogP contribution in [0.1, 0.15) is 11.3 Å². The number of carbonyl (C=O) groups excluding carboxylic acids is 3. The first-order chi connectivity index (χ1) is 13.3. The minimum absolute atomic E-state index is 0.151. The molecule has 0 unspecified atom stereocenters. The fraction of sp³-hybridized carbons (Fsp3) is 0.167. The van der Waals surface area contributed by atoms with E-state index >= 15 is 0 Å². The number of rotatable bonds is 5. The van der Waals surface area contributed by atoms with Crippen LogP contribution in [0.2, 0.25) is 0 Å². The van der Waals surface area contributed by atoms with Crippen LogP contribution in [-0.4, -0.2) is 41.8 Å². The van der Waals surface area contributed by atoms with Crippen molar-refractivity contribution in [3.8, 4) is 0 Å². The SMILES string of the molecule is CN(C)c1ccc(/C=C2\C(=O)NC(=O)N(Cc3ccco3)C2=O)cc1[N+](=O)[O-]. The summed E-state index contributed by atoms with van der Waals surface area (Å²) in [7, 11) is 3.33. The second-order valence-corrected chi connectivity index (χ2v) is 6.19. The predicted molar refractivity (Wildman–Crippen MR) is 98.2 cm³/mol. The second-order valence-electron chi connectivity index (χ2n) is 6.19. The number of benzene rings is 1. The Bertz CT molecular complexity index is 994. The van der Waals surface area contributed by atoms with Crippen LogP contribution in [0.4, 0.5) is 16.2 Å². The molecule has 4 amide bonds. The molecule has 28 heavy (non-hydrogen) atoms. The lowest BCUT2D eigenvalue weighted by Gasteiger charge is -2.25. The number of hydrogen-bond acceptors (Lipinski definition) is 7. The Labute approximate surface area is 159 Å². The molecule has 10 nitrogen and oxygen atoms in total. The highest BCUT2D eigenvalue weighted by atomic mass is 16.6. The maximum absolute atomic E-state index is 12.7. The van der Waals surface area contributed by atoms with Crippen molar-refractivity contribution in [3.05, 3.63) is 63.6 Å². The Morgan fingerprint density at radius 1 is 1.25 bits per heavy atom. The van der Waals surface area contributed by atoms with Gasteiger partial charge in [-0.15, -0.1) is 0 Å². The van der Waals surface area contributed by atoms with Gasteiger partial charge in [-0.1, -0.05) is 6.07 Å². The number of barbiturate groups is 1. The summed E-state index contributed by atoms with van der Waals surface area (Å²) < 4.78 is 5.13. The number of nitrogens with zero attached hydrogens (tertiary/aromatic N) is 3. The third-order valence-corrected chi connectivity index (χ3v) is 4.07. The minimum atomic E-state index is -0.870. The summed E-state index contributed by atoms with van der Waals surface area (Å²) in [6.45, 7) is -0.151. The molecule has 1 N–H and O–H groups in total. The highest BCUT2D eigenvalue weighted by Crippen LogP contribution is 2.29. The zero-order valence-corrected chi connectivity index (χ0v) is 15.0. The maximum Gasteiger partial charge on any atom is 0.331 e. The van der Waals surface area contributed by atoms with E-state index in [0.29, 0.717) is 11.4 Å². The quantitative estimate of drug-likeness (QED) is 0.361. The average molecular weight is 384 g/mol. The van der Waals surface area contributed by atoms with Crippen molar-refractivity contribution >= 4 is 35.3 Å². The number of hydrogen-bond donors (Lipinski definition) is 1. The molecule has 144 valence electrons. The molecule has 0 spiro atoms. The minimum Gasteiger partial charge on any atom is -0.467 e. The van der Waals surface area contributed by atoms with Crippen molar-refractivity contribution in [1.82, 2.24) is 10.2 Å². The summed E-state index contributed by atoms with van der Waals surface area (Å²) in [6.07, 6.45) is 2.61. The van der Waals surface area contributed by atoms with Gasteiger partial charge in [0.25, 0.3) is 17.5 Å². The van der Waals surface area contributed by atoms with Crippen molar-refractivity contribution in [2.24, 2.45) is 0 Å². The molecule has 0 saturated carbocycles. The number of amides is 4. The Balaban J connectivity index is 1.96. The summed E-state index contributed by atoms with van der Waals surface area (Å²) in [5.41, 5.74) is 0.175. The standard InChI is InChI=1S/C18H16N4O6/c1-20(2)14-6-5-11(9-15(14)22(26)27)8-13-16(23)19-18(25)21(17(13)24)10-12-4-3-7-28-12/h3-9H,10H2,1-2H3,(H,19,23,25)/b13-8+. The first-order valence-electron chi connectivity index (χ1n) is 8.15. The first kappa shape index (κ1) is 18.8. The van der Waals surface area contributed by atoms with Gasteiger partial charge < -0.3 is 9.32 Å². The molecule has 2 aromatic rings. The van der Waals surface area contributed by atoms with Gasteiger partial charge in [0.1, 0.15) is 17.0 Å². The third kappa shape index (κ3) is 3.61. The molecule has 2 heterocycles. The van der Waals surface area contributed by atoms with E-state index in [2.05, 4.69) is 5.32 Å². The third-order valence-electron chi connectivity index (χ3n) is 4.07. The Hall–Kier alpha value is -3.95. The van der Waals surface area contributed by atoms with Crippen LogP contribution in [-0.2, 0) is 16.1 Å². The van der Waals surface area contributed by atoms with Gasteiger partial charge in [-0.2, -0.15) is 0 Å². The van der Waals surface area contributed by atoms with Crippen molar-refractivity contribution in [1.29, 1.82) is 0 Å². The summed E-state index contributed by atoms with van der Waals surface area (Å²) in [5, 5.41) is 13.4. The number of nitro groups is 1. The van der Waals surface area contributed by atoms with Gasteiger partial charge >= 0.3 is 6.03 Å². The van der Waals surface area contributed by atoms with Crippen LogP contribution in [0.25, 0.3) is 6.08 Å². The largest absolute Gasteiger partial charge is 0.467 e. The number of anilines is 1. The molecule has 1 fully saturated rings. The van der Waals surface area contributed by atoms with Gasteiger partial charge in [0, 0.05) is 20.2 Å². The highest BCUT2D eigenvalue weighted by molar-refractivity contribution is 6.30. The lowest BCUT2D eigenvalue weighted by atomic mass is 10.1. The number of imide groups is 2. The molecule has 0 radical (unpaired) electrons. The molecule has 1 aromatic carbocycles. The van der Waals surface area contributed by atoms with E-state index in [9.17, 15) is 24.5 Å². The van der Waals surface area contributed by atoms with Gasteiger partial charge in [0.2, 0.25) is 0 Å². The molecule has 1 aliphatic heterocycles. The number of nitro benzene ring substituents is 1. The number of urea groups is 1. The van der Waals surface area contributed by atoms with Gasteiger partial charge in [-0.05, 0) is 29.8 Å². The van der Waals surface area contributed by atoms with Gasteiger partial charge in [0.05, 0.1) is 17.7 Å². The molecule has 0 aliphatic carbocycles. The predicted octanol–water partition coefficient (Wildman–Crippen LogP) is 1.92. The molecular formula is C18H16N4O6. The highest BCUT2D eigenvalue weighted by Gasteiger charge is 2.36. The molecule has 0 atom stereocenters. The van der Waals surface area contributed by atoms with E-state index in [4.69, 9.17) is 4.42 Å². The number of furan rings is 1. The molecule has 0 bridgehead atoms. The molecule has 1 saturated heterocycles. The lowest BCUT2D eigenvalue weighted by Crippen LogP contribution is -2.53. The van der Waals surface area contributed by atoms with E-state index in [1.165, 1.54) is 24.5 Å². The average Bonchev–Trinajstić information content (AvgIpc) is 3.15. The van der Waals surface area contributed by atoms with Crippen LogP contribution in [0, 0.1) is 10.1 Å². The first-order valence-corrected chi connectivity index (χ1v) is 8.15. The summed E-state index contributed by atoms with van der Waals surface area (Å²) in [6, 6.07) is 6.65. The van der Waals surface area contributed by atoms with Crippen molar-refractivity contribution in [2.75, 3.05) is 19.0 Å².